The number of rotatable bonds is 6. The number of nitrogens with one attached hydrogen (secondary N) is 1. The summed E-state index contributed by atoms with van der Waals surface area (Å²) in [6.45, 7) is -0.148. The van der Waals surface area contributed by atoms with Crippen molar-refractivity contribution in [3.05, 3.63) is 90.8 Å². The summed E-state index contributed by atoms with van der Waals surface area (Å²) >= 11 is 0. The topological polar surface area (TPSA) is 150 Å². The molecular weight excluding hydrogens is 424 g/mol. The van der Waals surface area contributed by atoms with Gasteiger partial charge in [0.15, 0.2) is 0 Å². The van der Waals surface area contributed by atoms with Crippen LogP contribution in [-0.2, 0) is 18.7 Å². The number of carbonyl (C=O) groups excluding carboxylic acids is 1. The lowest BCUT2D eigenvalue weighted by Gasteiger charge is -2.28. The molecule has 4 N–H and O–H groups in total. The van der Waals surface area contributed by atoms with Gasteiger partial charge in [0, 0.05) is 29.6 Å². The molecule has 0 saturated carbocycles. The van der Waals surface area contributed by atoms with Crippen molar-refractivity contribution < 1.29 is 18.7 Å². The maximum atomic E-state index is 14.1. The van der Waals surface area contributed by atoms with Crippen LogP contribution in [0.4, 0.5) is 8.78 Å². The van der Waals surface area contributed by atoms with Crippen molar-refractivity contribution in [2.45, 2.75) is 18.7 Å². The number of amides is 1. The van der Waals surface area contributed by atoms with Gasteiger partial charge >= 0.3 is 0 Å². The Kier molecular flexibility index (Phi) is 7.25. The smallest absolute Gasteiger partial charge is 0.265 e. The van der Waals surface area contributed by atoms with Crippen LogP contribution in [0.15, 0.2) is 68.0 Å². The molecule has 0 atom stereocenters. The zero-order valence-corrected chi connectivity index (χ0v) is 16.6. The lowest BCUT2D eigenvalue weighted by atomic mass is 9.93. The highest BCUT2D eigenvalue weighted by Crippen LogP contribution is 2.28. The number of aromatic nitrogens is 7. The molecule has 0 unspecified atom stereocenters. The second-order valence-electron chi connectivity index (χ2n) is 6.55. The standard InChI is InChI=1S/C13H12F2N6O.C6H7N3O/c14-10-1-2-11(12(15)3-10)13(22,4-20-8-16-6-18-20)5-21-9-17-7-19-21;7-9-6(10)5-1-3-8-4-2-5/h1-3,6-9,22H,4-5H2;1-4H,7H2,(H,9,10). The van der Waals surface area contributed by atoms with Gasteiger partial charge in [0.25, 0.3) is 5.91 Å². The van der Waals surface area contributed by atoms with Crippen LogP contribution in [0.25, 0.3) is 0 Å². The first-order chi connectivity index (χ1) is 15.4. The highest BCUT2D eigenvalue weighted by Gasteiger charge is 2.34. The van der Waals surface area contributed by atoms with E-state index in [9.17, 15) is 18.7 Å². The van der Waals surface area contributed by atoms with E-state index >= 15 is 0 Å². The number of halogens is 2. The summed E-state index contributed by atoms with van der Waals surface area (Å²) in [5.41, 5.74) is 0.775. The molecule has 3 heterocycles. The molecule has 3 aromatic heterocycles. The summed E-state index contributed by atoms with van der Waals surface area (Å²) < 4.78 is 29.9. The van der Waals surface area contributed by atoms with E-state index in [0.717, 1.165) is 12.1 Å². The third-order valence-electron chi connectivity index (χ3n) is 4.29. The number of aliphatic hydroxyl groups is 1. The molecule has 0 aliphatic heterocycles. The molecule has 166 valence electrons. The summed E-state index contributed by atoms with van der Waals surface area (Å²) in [7, 11) is 0. The second-order valence-corrected chi connectivity index (χ2v) is 6.55. The van der Waals surface area contributed by atoms with Crippen molar-refractivity contribution in [2.24, 2.45) is 5.84 Å². The zero-order valence-electron chi connectivity index (χ0n) is 16.6. The van der Waals surface area contributed by atoms with Gasteiger partial charge in [-0.05, 0) is 18.2 Å². The minimum atomic E-state index is -1.70. The molecule has 11 nitrogen and oxygen atoms in total. The van der Waals surface area contributed by atoms with Crippen LogP contribution in [0.5, 0.6) is 0 Å². The molecule has 0 bridgehead atoms. The first-order valence-electron chi connectivity index (χ1n) is 9.15. The van der Waals surface area contributed by atoms with Gasteiger partial charge in [0.2, 0.25) is 0 Å². The molecule has 1 amide bonds. The molecule has 0 saturated heterocycles. The van der Waals surface area contributed by atoms with Crippen LogP contribution in [-0.4, -0.2) is 45.5 Å². The molecule has 1 aromatic carbocycles. The monoisotopic (exact) mass is 443 g/mol. The molecule has 4 rings (SSSR count). The number of pyridine rings is 1. The van der Waals surface area contributed by atoms with Gasteiger partial charge in [-0.2, -0.15) is 10.2 Å². The number of hydrogen-bond donors (Lipinski definition) is 3. The van der Waals surface area contributed by atoms with Gasteiger partial charge in [0.1, 0.15) is 42.5 Å². The van der Waals surface area contributed by atoms with Gasteiger partial charge in [-0.15, -0.1) is 0 Å². The van der Waals surface area contributed by atoms with E-state index in [0.29, 0.717) is 5.56 Å². The predicted octanol–water partition coefficient (Wildman–Crippen LogP) is 0.421. The van der Waals surface area contributed by atoms with Crippen LogP contribution in [0.2, 0.25) is 0 Å². The Balaban J connectivity index is 0.000000243. The fraction of sp³-hybridized carbons (Fsp3) is 0.158. The number of nitrogen functional groups attached to an aromatic ring is 1. The van der Waals surface area contributed by atoms with Crippen molar-refractivity contribution >= 4 is 5.91 Å². The molecule has 32 heavy (non-hydrogen) atoms. The second kappa shape index (κ2) is 10.3. The number of carbonyl (C=O) groups is 1. The van der Waals surface area contributed by atoms with Gasteiger partial charge in [-0.3, -0.25) is 15.2 Å². The summed E-state index contributed by atoms with van der Waals surface area (Å²) in [4.78, 5) is 22.1. The normalized spacial score (nSPS) is 10.9. The average Bonchev–Trinajstić information content (AvgIpc) is 3.48. The largest absolute Gasteiger partial charge is 0.381 e. The van der Waals surface area contributed by atoms with Crippen LogP contribution < -0.4 is 11.3 Å². The Labute approximate surface area is 180 Å². The minimum absolute atomic E-state index is 0.0556. The maximum absolute atomic E-state index is 14.1. The van der Waals surface area contributed by atoms with Crippen LogP contribution in [0.3, 0.4) is 0 Å². The zero-order chi connectivity index (χ0) is 23.0. The summed E-state index contributed by atoms with van der Waals surface area (Å²) in [6.07, 6.45) is 8.46. The van der Waals surface area contributed by atoms with Gasteiger partial charge in [-0.1, -0.05) is 6.07 Å². The van der Waals surface area contributed by atoms with Crippen LogP contribution in [0, 0.1) is 11.6 Å². The molecule has 0 spiro atoms. The summed E-state index contributed by atoms with van der Waals surface area (Å²) in [6, 6.07) is 6.19. The molecule has 4 aromatic rings. The number of benzene rings is 1. The Bertz CT molecular complexity index is 1090. The molecule has 13 heteroatoms. The van der Waals surface area contributed by atoms with Gasteiger partial charge < -0.3 is 5.11 Å². The van der Waals surface area contributed by atoms with Crippen LogP contribution in [0.1, 0.15) is 15.9 Å². The van der Waals surface area contributed by atoms with E-state index in [1.807, 2.05) is 5.43 Å². The molecule has 0 aliphatic rings. The Morgan fingerprint density at radius 3 is 2.06 bits per heavy atom. The van der Waals surface area contributed by atoms with Gasteiger partial charge in [0.05, 0.1) is 13.1 Å². The van der Waals surface area contributed by atoms with Crippen molar-refractivity contribution in [2.75, 3.05) is 0 Å². The van der Waals surface area contributed by atoms with E-state index in [-0.39, 0.29) is 24.6 Å². The number of nitrogens with zero attached hydrogens (tertiary/aromatic N) is 7. The van der Waals surface area contributed by atoms with Crippen molar-refractivity contribution in [1.82, 2.24) is 39.9 Å². The first-order valence-corrected chi connectivity index (χ1v) is 9.15. The number of nitrogens with two attached hydrogens (primary N) is 1. The van der Waals surface area contributed by atoms with E-state index in [1.165, 1.54) is 53.1 Å². The molecular formula is C19H19F2N9O2. The first kappa shape index (κ1) is 22.6. The average molecular weight is 443 g/mol. The van der Waals surface area contributed by atoms with E-state index < -0.39 is 17.2 Å². The molecule has 0 fully saturated rings. The highest BCUT2D eigenvalue weighted by molar-refractivity contribution is 5.93. The quantitative estimate of drug-likeness (QED) is 0.220. The molecule has 0 radical (unpaired) electrons. The van der Waals surface area contributed by atoms with E-state index in [1.54, 1.807) is 12.1 Å². The predicted molar refractivity (Wildman–Crippen MR) is 106 cm³/mol. The molecule has 0 aliphatic carbocycles. The van der Waals surface area contributed by atoms with E-state index in [2.05, 4.69) is 25.1 Å². The third-order valence-corrected chi connectivity index (χ3v) is 4.29. The van der Waals surface area contributed by atoms with Crippen molar-refractivity contribution in [3.8, 4) is 0 Å². The Hall–Kier alpha value is -4.10. The minimum Gasteiger partial charge on any atom is -0.381 e. The lowest BCUT2D eigenvalue weighted by Crippen LogP contribution is -2.37. The summed E-state index contributed by atoms with van der Waals surface area (Å²) in [5.74, 6) is 3.02. The van der Waals surface area contributed by atoms with Crippen molar-refractivity contribution in [3.63, 3.8) is 0 Å². The summed E-state index contributed by atoms with van der Waals surface area (Å²) in [5, 5.41) is 18.8. The number of hydrazine groups is 1. The third kappa shape index (κ3) is 5.74. The lowest BCUT2D eigenvalue weighted by molar-refractivity contribution is -0.00856. The Morgan fingerprint density at radius 1 is 1.00 bits per heavy atom. The number of hydrogen-bond acceptors (Lipinski definition) is 8. The SMILES string of the molecule is NNC(=O)c1ccncc1.OC(Cn1cncn1)(Cn1cncn1)c1ccc(F)cc1F. The Morgan fingerprint density at radius 2 is 1.59 bits per heavy atom. The highest BCUT2D eigenvalue weighted by atomic mass is 19.1. The maximum Gasteiger partial charge on any atom is 0.265 e. The van der Waals surface area contributed by atoms with Crippen LogP contribution >= 0.6 is 0 Å². The van der Waals surface area contributed by atoms with Crippen molar-refractivity contribution in [1.29, 1.82) is 0 Å². The van der Waals surface area contributed by atoms with Gasteiger partial charge in [-0.25, -0.2) is 34.0 Å². The fourth-order valence-electron chi connectivity index (χ4n) is 2.84. The van der Waals surface area contributed by atoms with E-state index in [4.69, 9.17) is 5.84 Å². The fourth-order valence-corrected chi connectivity index (χ4v) is 2.84.